The zero-order chi connectivity index (χ0) is 36.5. The van der Waals surface area contributed by atoms with Crippen LogP contribution in [0.5, 0.6) is 0 Å². The average molecular weight is 700 g/mol. The van der Waals surface area contributed by atoms with Crippen molar-refractivity contribution in [2.45, 2.75) is 77.2 Å². The van der Waals surface area contributed by atoms with Crippen molar-refractivity contribution in [1.82, 2.24) is 15.4 Å². The van der Waals surface area contributed by atoms with Crippen LogP contribution in [0.1, 0.15) is 87.4 Å². The van der Waals surface area contributed by atoms with Crippen molar-refractivity contribution in [2.24, 2.45) is 11.8 Å². The van der Waals surface area contributed by atoms with Gasteiger partial charge in [-0.15, -0.1) is 0 Å². The quantitative estimate of drug-likeness (QED) is 0.179. The van der Waals surface area contributed by atoms with Gasteiger partial charge < -0.3 is 9.42 Å². The molecule has 1 saturated heterocycles. The fourth-order valence-electron chi connectivity index (χ4n) is 8.03. The summed E-state index contributed by atoms with van der Waals surface area (Å²) in [6, 6.07) is 18.7. The summed E-state index contributed by atoms with van der Waals surface area (Å²) in [6.07, 6.45) is 3.87. The summed E-state index contributed by atoms with van der Waals surface area (Å²) in [5, 5.41) is 16.1. The van der Waals surface area contributed by atoms with Crippen molar-refractivity contribution in [3.8, 4) is 17.2 Å². The maximum absolute atomic E-state index is 15.4. The molecule has 2 aliphatic carbocycles. The van der Waals surface area contributed by atoms with Gasteiger partial charge in [-0.05, 0) is 124 Å². The fourth-order valence-corrected chi connectivity index (χ4v) is 8.03. The van der Waals surface area contributed by atoms with Crippen LogP contribution in [0.25, 0.3) is 11.1 Å². The van der Waals surface area contributed by atoms with Crippen molar-refractivity contribution >= 4 is 35.0 Å². The Balaban J connectivity index is 1.01. The number of amides is 4. The number of aromatic nitrogens is 1. The molecule has 3 aromatic carbocycles. The smallest absolute Gasteiger partial charge is 0.262 e. The fraction of sp³-hybridized carbons (Fsp3) is 0.366. The Morgan fingerprint density at radius 3 is 2.38 bits per heavy atom. The molecule has 3 atom stereocenters. The van der Waals surface area contributed by atoms with Gasteiger partial charge in [-0.25, -0.2) is 4.39 Å². The normalized spacial score (nSPS) is 21.5. The van der Waals surface area contributed by atoms with Gasteiger partial charge in [0.05, 0.1) is 28.3 Å². The van der Waals surface area contributed by atoms with Crippen LogP contribution in [0.15, 0.2) is 59.1 Å². The zero-order valence-electron chi connectivity index (χ0n) is 29.3. The molecular weight excluding hydrogens is 661 g/mol. The van der Waals surface area contributed by atoms with Gasteiger partial charge in [0.2, 0.25) is 11.8 Å². The summed E-state index contributed by atoms with van der Waals surface area (Å²) in [5.74, 6) is -1.65. The first-order valence-corrected chi connectivity index (χ1v) is 17.8. The second kappa shape index (κ2) is 12.5. The van der Waals surface area contributed by atoms with Crippen LogP contribution in [0.4, 0.5) is 15.8 Å². The van der Waals surface area contributed by atoms with E-state index in [0.29, 0.717) is 30.2 Å². The Morgan fingerprint density at radius 2 is 1.73 bits per heavy atom. The van der Waals surface area contributed by atoms with Crippen LogP contribution in [-0.2, 0) is 21.4 Å². The van der Waals surface area contributed by atoms with Gasteiger partial charge in [0.15, 0.2) is 0 Å². The number of halogens is 1. The maximum atomic E-state index is 15.4. The number of hydrogen-bond acceptors (Lipinski definition) is 8. The molecule has 4 amide bonds. The van der Waals surface area contributed by atoms with E-state index >= 15 is 4.39 Å². The molecule has 11 heteroatoms. The van der Waals surface area contributed by atoms with Crippen LogP contribution >= 0.6 is 0 Å². The number of hydrogen-bond donors (Lipinski definition) is 1. The molecule has 0 radical (unpaired) electrons. The molecule has 0 spiro atoms. The molecule has 4 aliphatic rings. The van der Waals surface area contributed by atoms with Crippen LogP contribution in [0, 0.1) is 49.8 Å². The molecule has 1 unspecified atom stereocenters. The van der Waals surface area contributed by atoms with Gasteiger partial charge in [-0.1, -0.05) is 29.4 Å². The lowest BCUT2D eigenvalue weighted by Gasteiger charge is -2.28. The largest absolute Gasteiger partial charge is 0.361 e. The average Bonchev–Trinajstić information content (AvgIpc) is 4.04. The maximum Gasteiger partial charge on any atom is 0.262 e. The number of anilines is 2. The van der Waals surface area contributed by atoms with Crippen molar-refractivity contribution in [1.29, 1.82) is 5.26 Å². The molecule has 4 aromatic rings. The van der Waals surface area contributed by atoms with Gasteiger partial charge >= 0.3 is 0 Å². The first-order chi connectivity index (χ1) is 25.0. The molecule has 3 heterocycles. The van der Waals surface area contributed by atoms with E-state index in [0.717, 1.165) is 81.9 Å². The number of nitrogens with one attached hydrogen (secondary N) is 1. The number of piperidine rings is 1. The molecule has 1 aromatic heterocycles. The number of carbonyl (C=O) groups is 4. The molecule has 1 N–H and O–H groups in total. The highest BCUT2D eigenvalue weighted by atomic mass is 19.1. The minimum absolute atomic E-state index is 0.0167. The number of imide groups is 2. The second-order valence-electron chi connectivity index (χ2n) is 14.8. The lowest BCUT2D eigenvalue weighted by atomic mass is 9.97. The third kappa shape index (κ3) is 5.76. The molecular formula is C41H38FN5O5. The van der Waals surface area contributed by atoms with E-state index in [1.54, 1.807) is 0 Å². The SMILES string of the molecule is Cc1ccc(-c2c(C)noc2C)cc1N(C[C@H]1C[C@@H]1CCc1cc2c(cc1F)C(=O)N(C1CCC(=O)NC1=O)C2=O)c1ccc(C2(C#N)CC2)cc1. The monoisotopic (exact) mass is 699 g/mol. The summed E-state index contributed by atoms with van der Waals surface area (Å²) in [4.78, 5) is 53.7. The first-order valence-electron chi connectivity index (χ1n) is 17.8. The van der Waals surface area contributed by atoms with E-state index < -0.39 is 35.5 Å². The van der Waals surface area contributed by atoms with Gasteiger partial charge in [0.25, 0.3) is 11.8 Å². The highest BCUT2D eigenvalue weighted by molar-refractivity contribution is 6.23. The summed E-state index contributed by atoms with van der Waals surface area (Å²) in [6.45, 7) is 6.68. The van der Waals surface area contributed by atoms with Crippen molar-refractivity contribution in [3.05, 3.63) is 99.7 Å². The van der Waals surface area contributed by atoms with Gasteiger partial charge in [0.1, 0.15) is 17.6 Å². The van der Waals surface area contributed by atoms with Gasteiger partial charge in [-0.3, -0.25) is 29.4 Å². The zero-order valence-corrected chi connectivity index (χ0v) is 29.3. The van der Waals surface area contributed by atoms with E-state index in [4.69, 9.17) is 4.52 Å². The van der Waals surface area contributed by atoms with Crippen molar-refractivity contribution < 1.29 is 28.1 Å². The van der Waals surface area contributed by atoms with Crippen LogP contribution in [0.2, 0.25) is 0 Å². The van der Waals surface area contributed by atoms with E-state index in [1.807, 2.05) is 13.8 Å². The Kier molecular flexibility index (Phi) is 8.09. The highest BCUT2D eigenvalue weighted by Crippen LogP contribution is 2.49. The number of rotatable bonds is 10. The number of nitriles is 1. The molecule has 52 heavy (non-hydrogen) atoms. The topological polar surface area (TPSA) is 137 Å². The number of nitrogens with zero attached hydrogens (tertiary/aromatic N) is 4. The van der Waals surface area contributed by atoms with Gasteiger partial charge in [-0.2, -0.15) is 5.26 Å². The third-order valence-corrected chi connectivity index (χ3v) is 11.4. The Labute approximate surface area is 300 Å². The first kappa shape index (κ1) is 33.5. The Bertz CT molecular complexity index is 2200. The summed E-state index contributed by atoms with van der Waals surface area (Å²) in [5.41, 5.74) is 7.07. The van der Waals surface area contributed by atoms with E-state index in [1.165, 1.54) is 6.07 Å². The standard InChI is InChI=1S/C41H38FN5O5/c1-22-4-5-27(37-23(2)45-52-24(37)3)18-35(22)46(30-10-8-29(9-11-30)41(21-43)14-15-41)20-28-16-25(28)6-7-26-17-31-32(19-33(26)42)40(51)47(39(31)50)34-12-13-36(48)44-38(34)49/h4-5,8-11,17-19,25,28,34H,6-7,12-16,20H2,1-3H3,(H,44,48,49)/t25-,28+,34?/m0/s1. The lowest BCUT2D eigenvalue weighted by Crippen LogP contribution is -2.54. The number of aryl methyl sites for hydroxylation is 4. The summed E-state index contributed by atoms with van der Waals surface area (Å²) in [7, 11) is 0. The highest BCUT2D eigenvalue weighted by Gasteiger charge is 2.46. The van der Waals surface area contributed by atoms with Crippen LogP contribution < -0.4 is 10.2 Å². The Hall–Kier alpha value is -5.63. The second-order valence-corrected chi connectivity index (χ2v) is 14.8. The molecule has 0 bridgehead atoms. The van der Waals surface area contributed by atoms with E-state index in [2.05, 4.69) is 70.8 Å². The van der Waals surface area contributed by atoms with E-state index in [-0.39, 0.29) is 29.4 Å². The number of fused-ring (bicyclic) bond motifs is 1. The molecule has 264 valence electrons. The molecule has 3 fully saturated rings. The van der Waals surface area contributed by atoms with E-state index in [9.17, 15) is 24.4 Å². The Morgan fingerprint density at radius 1 is 1.00 bits per heavy atom. The predicted molar refractivity (Wildman–Crippen MR) is 189 cm³/mol. The molecule has 2 saturated carbocycles. The molecule has 2 aliphatic heterocycles. The van der Waals surface area contributed by atoms with Crippen LogP contribution in [-0.4, -0.2) is 46.3 Å². The minimum Gasteiger partial charge on any atom is -0.361 e. The number of carbonyl (C=O) groups excluding carboxylic acids is 4. The summed E-state index contributed by atoms with van der Waals surface area (Å²) >= 11 is 0. The minimum atomic E-state index is -1.10. The van der Waals surface area contributed by atoms with Gasteiger partial charge in [0, 0.05) is 29.9 Å². The molecule has 10 nitrogen and oxygen atoms in total. The van der Waals surface area contributed by atoms with Crippen molar-refractivity contribution in [3.63, 3.8) is 0 Å². The van der Waals surface area contributed by atoms with Crippen molar-refractivity contribution in [2.75, 3.05) is 11.4 Å². The predicted octanol–water partition coefficient (Wildman–Crippen LogP) is 6.77. The number of benzene rings is 3. The van der Waals surface area contributed by atoms with Crippen LogP contribution in [0.3, 0.4) is 0 Å². The third-order valence-electron chi connectivity index (χ3n) is 11.4. The lowest BCUT2D eigenvalue weighted by molar-refractivity contribution is -0.136. The summed E-state index contributed by atoms with van der Waals surface area (Å²) < 4.78 is 20.9. The molecule has 8 rings (SSSR count).